The van der Waals surface area contributed by atoms with Crippen LogP contribution in [0.2, 0.25) is 0 Å². The van der Waals surface area contributed by atoms with Crippen molar-refractivity contribution in [3.8, 4) is 5.75 Å². The summed E-state index contributed by atoms with van der Waals surface area (Å²) in [5, 5.41) is 10.8. The lowest BCUT2D eigenvalue weighted by molar-refractivity contribution is -0.384. The summed E-state index contributed by atoms with van der Waals surface area (Å²) in [7, 11) is 2.95. The van der Waals surface area contributed by atoms with Crippen LogP contribution in [0, 0.1) is 10.1 Å². The van der Waals surface area contributed by atoms with Crippen LogP contribution in [0.5, 0.6) is 5.75 Å². The third-order valence-electron chi connectivity index (χ3n) is 3.85. The molecular weight excluding hydrogens is 330 g/mol. The molecule has 0 fully saturated rings. The van der Waals surface area contributed by atoms with Gasteiger partial charge in [0.2, 0.25) is 0 Å². The van der Waals surface area contributed by atoms with Crippen molar-refractivity contribution in [1.82, 2.24) is 18.7 Å². The fraction of sp³-hybridized carbons (Fsp3) is 0.267. The topological polar surface area (TPSA) is 114 Å². The number of rotatable bonds is 5. The number of nitro groups is 1. The number of non-ortho nitro benzene ring substituents is 1. The highest BCUT2D eigenvalue weighted by atomic mass is 16.6. The van der Waals surface area contributed by atoms with Crippen LogP contribution < -0.4 is 16.0 Å². The number of hydrogen-bond acceptors (Lipinski definition) is 6. The molecule has 2 aromatic heterocycles. The maximum absolute atomic E-state index is 12.3. The Morgan fingerprint density at radius 2 is 2.00 bits per heavy atom. The highest BCUT2D eigenvalue weighted by Gasteiger charge is 2.14. The molecule has 0 unspecified atom stereocenters. The molecule has 0 radical (unpaired) electrons. The van der Waals surface area contributed by atoms with Gasteiger partial charge in [-0.15, -0.1) is 0 Å². The van der Waals surface area contributed by atoms with Crippen molar-refractivity contribution < 1.29 is 9.66 Å². The van der Waals surface area contributed by atoms with Crippen molar-refractivity contribution in [1.29, 1.82) is 0 Å². The van der Waals surface area contributed by atoms with Gasteiger partial charge in [-0.1, -0.05) is 6.07 Å². The second-order valence-electron chi connectivity index (χ2n) is 5.42. The Morgan fingerprint density at radius 1 is 1.24 bits per heavy atom. The number of nitro benzene ring substituents is 1. The monoisotopic (exact) mass is 345 g/mol. The number of benzene rings is 1. The normalized spacial score (nSPS) is 11.0. The molecule has 0 spiro atoms. The summed E-state index contributed by atoms with van der Waals surface area (Å²) in [6, 6.07) is 5.85. The molecular formula is C15H15N5O5. The third-order valence-corrected chi connectivity index (χ3v) is 3.85. The van der Waals surface area contributed by atoms with Crippen LogP contribution in [0.25, 0.3) is 11.2 Å². The molecule has 0 amide bonds. The number of aryl methyl sites for hydroxylation is 1. The average Bonchev–Trinajstić information content (AvgIpc) is 3.02. The predicted octanol–water partition coefficient (Wildman–Crippen LogP) is 0.421. The van der Waals surface area contributed by atoms with Crippen LogP contribution in [-0.4, -0.2) is 30.2 Å². The molecule has 0 aliphatic rings. The first-order chi connectivity index (χ1) is 11.9. The first-order valence-electron chi connectivity index (χ1n) is 7.38. The van der Waals surface area contributed by atoms with Crippen molar-refractivity contribution in [2.75, 3.05) is 6.61 Å². The van der Waals surface area contributed by atoms with Crippen molar-refractivity contribution in [3.05, 3.63) is 61.5 Å². The molecule has 130 valence electrons. The number of hydrogen-bond donors (Lipinski definition) is 0. The Morgan fingerprint density at radius 3 is 2.72 bits per heavy atom. The maximum atomic E-state index is 12.3. The van der Waals surface area contributed by atoms with E-state index >= 15 is 0 Å². The fourth-order valence-corrected chi connectivity index (χ4v) is 2.52. The second-order valence-corrected chi connectivity index (χ2v) is 5.42. The molecule has 3 rings (SSSR count). The standard InChI is InChI=1S/C15H15N5O5/c1-17-13-12(14(21)18(2)15(17)22)19(9-16-13)6-7-25-11-5-3-4-10(8-11)20(23)24/h3-5,8-9H,6-7H2,1-2H3. The molecule has 0 bridgehead atoms. The van der Waals surface area contributed by atoms with Crippen molar-refractivity contribution >= 4 is 16.9 Å². The molecule has 0 saturated heterocycles. The lowest BCUT2D eigenvalue weighted by atomic mass is 10.3. The predicted molar refractivity (Wildman–Crippen MR) is 88.8 cm³/mol. The van der Waals surface area contributed by atoms with Gasteiger partial charge in [-0.25, -0.2) is 9.78 Å². The van der Waals surface area contributed by atoms with Gasteiger partial charge < -0.3 is 9.30 Å². The number of ether oxygens (including phenoxy) is 1. The summed E-state index contributed by atoms with van der Waals surface area (Å²) in [6.45, 7) is 0.477. The van der Waals surface area contributed by atoms with E-state index in [9.17, 15) is 19.7 Å². The van der Waals surface area contributed by atoms with Gasteiger partial charge in [0.25, 0.3) is 11.2 Å². The number of aromatic nitrogens is 4. The van der Waals surface area contributed by atoms with E-state index in [1.165, 1.54) is 36.1 Å². The molecule has 25 heavy (non-hydrogen) atoms. The Labute approximate surface area is 140 Å². The Hall–Kier alpha value is -3.43. The summed E-state index contributed by atoms with van der Waals surface area (Å²) in [5.74, 6) is 0.360. The van der Waals surface area contributed by atoms with E-state index in [1.807, 2.05) is 0 Å². The molecule has 10 heteroatoms. The first-order valence-corrected chi connectivity index (χ1v) is 7.38. The van der Waals surface area contributed by atoms with Crippen molar-refractivity contribution in [2.24, 2.45) is 14.1 Å². The summed E-state index contributed by atoms with van der Waals surface area (Å²) in [4.78, 5) is 38.6. The largest absolute Gasteiger partial charge is 0.491 e. The Balaban J connectivity index is 1.83. The minimum Gasteiger partial charge on any atom is -0.491 e. The fourth-order valence-electron chi connectivity index (χ4n) is 2.52. The highest BCUT2D eigenvalue weighted by molar-refractivity contribution is 5.69. The summed E-state index contributed by atoms with van der Waals surface area (Å²) in [6.07, 6.45) is 1.46. The van der Waals surface area contributed by atoms with E-state index in [2.05, 4.69) is 4.98 Å². The Bertz CT molecular complexity index is 1080. The summed E-state index contributed by atoms with van der Waals surface area (Å²) >= 11 is 0. The summed E-state index contributed by atoms with van der Waals surface area (Å²) < 4.78 is 9.42. The van der Waals surface area contributed by atoms with E-state index in [1.54, 1.807) is 17.7 Å². The summed E-state index contributed by atoms with van der Waals surface area (Å²) in [5.41, 5.74) is -0.355. The van der Waals surface area contributed by atoms with E-state index in [-0.39, 0.29) is 12.3 Å². The number of nitrogens with zero attached hydrogens (tertiary/aromatic N) is 5. The van der Waals surface area contributed by atoms with Gasteiger partial charge in [-0.3, -0.25) is 24.0 Å². The second kappa shape index (κ2) is 6.23. The van der Waals surface area contributed by atoms with Gasteiger partial charge in [-0.2, -0.15) is 0 Å². The molecule has 0 N–H and O–H groups in total. The van der Waals surface area contributed by atoms with E-state index < -0.39 is 16.2 Å². The van der Waals surface area contributed by atoms with Crippen molar-refractivity contribution in [3.63, 3.8) is 0 Å². The lowest BCUT2D eigenvalue weighted by Crippen LogP contribution is -2.37. The van der Waals surface area contributed by atoms with E-state index in [4.69, 9.17) is 4.74 Å². The minimum absolute atomic E-state index is 0.0607. The average molecular weight is 345 g/mol. The van der Waals surface area contributed by atoms with E-state index in [0.717, 1.165) is 4.57 Å². The van der Waals surface area contributed by atoms with Gasteiger partial charge in [0.1, 0.15) is 12.4 Å². The third kappa shape index (κ3) is 2.89. The van der Waals surface area contributed by atoms with Crippen LogP contribution >= 0.6 is 0 Å². The maximum Gasteiger partial charge on any atom is 0.332 e. The zero-order valence-corrected chi connectivity index (χ0v) is 13.6. The zero-order valence-electron chi connectivity index (χ0n) is 13.6. The molecule has 3 aromatic rings. The smallest absolute Gasteiger partial charge is 0.332 e. The number of fused-ring (bicyclic) bond motifs is 1. The number of imidazole rings is 1. The van der Waals surface area contributed by atoms with Crippen LogP contribution in [-0.2, 0) is 20.6 Å². The van der Waals surface area contributed by atoms with E-state index in [0.29, 0.717) is 23.5 Å². The van der Waals surface area contributed by atoms with Gasteiger partial charge in [0, 0.05) is 20.2 Å². The van der Waals surface area contributed by atoms with Crippen molar-refractivity contribution in [2.45, 2.75) is 6.54 Å². The zero-order chi connectivity index (χ0) is 18.1. The SMILES string of the molecule is Cn1c(=O)c2c(ncn2CCOc2cccc([N+](=O)[O-])c2)n(C)c1=O. The minimum atomic E-state index is -0.500. The van der Waals surface area contributed by atoms with Gasteiger partial charge in [-0.05, 0) is 6.07 Å². The van der Waals surface area contributed by atoms with Gasteiger partial charge in [0.05, 0.1) is 23.9 Å². The molecule has 0 aliphatic carbocycles. The lowest BCUT2D eigenvalue weighted by Gasteiger charge is -2.08. The van der Waals surface area contributed by atoms with Crippen LogP contribution in [0.1, 0.15) is 0 Å². The van der Waals surface area contributed by atoms with Crippen LogP contribution in [0.15, 0.2) is 40.2 Å². The van der Waals surface area contributed by atoms with Gasteiger partial charge >= 0.3 is 5.69 Å². The molecule has 0 aliphatic heterocycles. The molecule has 1 aromatic carbocycles. The van der Waals surface area contributed by atoms with Crippen LogP contribution in [0.3, 0.4) is 0 Å². The van der Waals surface area contributed by atoms with Crippen LogP contribution in [0.4, 0.5) is 5.69 Å². The highest BCUT2D eigenvalue weighted by Crippen LogP contribution is 2.19. The molecule has 2 heterocycles. The Kier molecular flexibility index (Phi) is 4.09. The molecule has 10 nitrogen and oxygen atoms in total. The molecule has 0 saturated carbocycles. The molecule has 0 atom stereocenters. The quantitative estimate of drug-likeness (QED) is 0.489. The first kappa shape index (κ1) is 16.4. The van der Waals surface area contributed by atoms with Gasteiger partial charge in [0.15, 0.2) is 11.2 Å².